The van der Waals surface area contributed by atoms with E-state index in [9.17, 15) is 5.11 Å². The van der Waals surface area contributed by atoms with E-state index in [-0.39, 0.29) is 0 Å². The van der Waals surface area contributed by atoms with Crippen molar-refractivity contribution in [3.05, 3.63) is 16.1 Å². The Morgan fingerprint density at radius 1 is 1.44 bits per heavy atom. The number of aliphatic hydroxyl groups is 2. The first kappa shape index (κ1) is 12.0. The van der Waals surface area contributed by atoms with Crippen molar-refractivity contribution in [3.63, 3.8) is 0 Å². The number of aromatic nitrogens is 1. The number of rotatable bonds is 3. The van der Waals surface area contributed by atoms with Gasteiger partial charge in [-0.05, 0) is 44.4 Å². The van der Waals surface area contributed by atoms with E-state index in [0.717, 1.165) is 30.7 Å². The van der Waals surface area contributed by atoms with Crippen LogP contribution < -0.4 is 0 Å². The first-order chi connectivity index (χ1) is 7.70. The van der Waals surface area contributed by atoms with Gasteiger partial charge in [0.05, 0.1) is 0 Å². The molecule has 2 rings (SSSR count). The average molecular weight is 241 g/mol. The number of nitrogens with zero attached hydrogens (tertiary/aromatic N) is 1. The van der Waals surface area contributed by atoms with Gasteiger partial charge in [0, 0.05) is 17.7 Å². The highest BCUT2D eigenvalue weighted by Crippen LogP contribution is 2.38. The summed E-state index contributed by atoms with van der Waals surface area (Å²) >= 11 is 1.63. The van der Waals surface area contributed by atoms with E-state index < -0.39 is 6.10 Å². The molecule has 16 heavy (non-hydrogen) atoms. The van der Waals surface area contributed by atoms with Crippen molar-refractivity contribution in [1.82, 2.24) is 4.98 Å². The van der Waals surface area contributed by atoms with Crippen LogP contribution in [0.3, 0.4) is 0 Å². The lowest BCUT2D eigenvalue weighted by molar-refractivity contribution is 0.183. The minimum Gasteiger partial charge on any atom is -0.396 e. The second kappa shape index (κ2) is 5.25. The van der Waals surface area contributed by atoms with E-state index in [4.69, 9.17) is 5.11 Å². The smallest absolute Gasteiger partial charge is 0.121 e. The van der Waals surface area contributed by atoms with Gasteiger partial charge in [0.2, 0.25) is 0 Å². The van der Waals surface area contributed by atoms with E-state index >= 15 is 0 Å². The topological polar surface area (TPSA) is 53.4 Å². The van der Waals surface area contributed by atoms with Crippen LogP contribution in [-0.4, -0.2) is 21.8 Å². The molecule has 3 nitrogen and oxygen atoms in total. The van der Waals surface area contributed by atoms with E-state index in [2.05, 4.69) is 4.98 Å². The summed E-state index contributed by atoms with van der Waals surface area (Å²) in [7, 11) is 0. The Hall–Kier alpha value is -0.450. The quantitative estimate of drug-likeness (QED) is 0.854. The molecule has 0 aromatic carbocycles. The molecule has 90 valence electrons. The highest BCUT2D eigenvalue weighted by atomic mass is 32.1. The van der Waals surface area contributed by atoms with Gasteiger partial charge in [-0.2, -0.15) is 0 Å². The molecular formula is C12H19NO2S. The van der Waals surface area contributed by atoms with Crippen molar-refractivity contribution in [2.24, 2.45) is 5.92 Å². The lowest BCUT2D eigenvalue weighted by Gasteiger charge is -2.26. The SMILES string of the molecule is CC(O)c1ncc(C2CCC(CO)CC2)s1. The van der Waals surface area contributed by atoms with Crippen LogP contribution in [0.2, 0.25) is 0 Å². The van der Waals surface area contributed by atoms with Gasteiger partial charge in [-0.25, -0.2) is 4.98 Å². The Morgan fingerprint density at radius 3 is 2.62 bits per heavy atom. The van der Waals surface area contributed by atoms with E-state index in [1.807, 2.05) is 6.20 Å². The van der Waals surface area contributed by atoms with Crippen molar-refractivity contribution in [3.8, 4) is 0 Å². The number of aliphatic hydroxyl groups excluding tert-OH is 2. The van der Waals surface area contributed by atoms with Gasteiger partial charge >= 0.3 is 0 Å². The molecule has 0 aliphatic heterocycles. The number of hydrogen-bond acceptors (Lipinski definition) is 4. The van der Waals surface area contributed by atoms with Crippen LogP contribution in [0, 0.1) is 5.92 Å². The van der Waals surface area contributed by atoms with Gasteiger partial charge < -0.3 is 10.2 Å². The highest BCUT2D eigenvalue weighted by molar-refractivity contribution is 7.11. The molecule has 0 saturated heterocycles. The molecule has 1 aliphatic carbocycles. The second-order valence-corrected chi connectivity index (χ2v) is 5.77. The van der Waals surface area contributed by atoms with Gasteiger partial charge in [0.15, 0.2) is 0 Å². The van der Waals surface area contributed by atoms with Crippen LogP contribution in [0.1, 0.15) is 54.5 Å². The third-order valence-corrected chi connectivity index (χ3v) is 4.74. The zero-order valence-corrected chi connectivity index (χ0v) is 10.4. The maximum absolute atomic E-state index is 9.43. The molecule has 1 aromatic rings. The van der Waals surface area contributed by atoms with Gasteiger partial charge in [-0.1, -0.05) is 0 Å². The molecule has 1 unspecified atom stereocenters. The van der Waals surface area contributed by atoms with Crippen LogP contribution in [0.15, 0.2) is 6.20 Å². The number of hydrogen-bond donors (Lipinski definition) is 2. The Balaban J connectivity index is 1.97. The summed E-state index contributed by atoms with van der Waals surface area (Å²) in [5, 5.41) is 19.3. The van der Waals surface area contributed by atoms with Gasteiger partial charge in [-0.15, -0.1) is 11.3 Å². The molecule has 1 saturated carbocycles. The monoisotopic (exact) mass is 241 g/mol. The predicted octanol–water partition coefficient (Wildman–Crippen LogP) is 2.46. The molecule has 1 fully saturated rings. The minimum absolute atomic E-state index is 0.328. The van der Waals surface area contributed by atoms with E-state index in [1.165, 1.54) is 4.88 Å². The number of thiazole rings is 1. The highest BCUT2D eigenvalue weighted by Gasteiger charge is 2.23. The molecule has 1 aliphatic rings. The molecule has 0 amide bonds. The summed E-state index contributed by atoms with van der Waals surface area (Å²) in [6, 6.07) is 0. The first-order valence-electron chi connectivity index (χ1n) is 5.95. The molecule has 0 spiro atoms. The molecule has 2 N–H and O–H groups in total. The Kier molecular flexibility index (Phi) is 3.95. The molecule has 1 aromatic heterocycles. The average Bonchev–Trinajstić information content (AvgIpc) is 2.78. The minimum atomic E-state index is -0.451. The maximum atomic E-state index is 9.43. The zero-order chi connectivity index (χ0) is 11.5. The Bertz CT molecular complexity index is 330. The summed E-state index contributed by atoms with van der Waals surface area (Å²) < 4.78 is 0. The molecular weight excluding hydrogens is 222 g/mol. The third-order valence-electron chi connectivity index (χ3n) is 3.41. The molecule has 0 bridgehead atoms. The van der Waals surface area contributed by atoms with Gasteiger partial charge in [-0.3, -0.25) is 0 Å². The van der Waals surface area contributed by atoms with Crippen LogP contribution in [0.4, 0.5) is 0 Å². The van der Waals surface area contributed by atoms with Crippen LogP contribution in [0.5, 0.6) is 0 Å². The lowest BCUT2D eigenvalue weighted by atomic mass is 9.82. The molecule has 0 radical (unpaired) electrons. The third kappa shape index (κ3) is 2.62. The predicted molar refractivity (Wildman–Crippen MR) is 64.5 cm³/mol. The van der Waals surface area contributed by atoms with Crippen LogP contribution >= 0.6 is 11.3 Å². The zero-order valence-electron chi connectivity index (χ0n) is 9.59. The van der Waals surface area contributed by atoms with Crippen molar-refractivity contribution < 1.29 is 10.2 Å². The summed E-state index contributed by atoms with van der Waals surface area (Å²) in [5.41, 5.74) is 0. The normalized spacial score (nSPS) is 27.9. The lowest BCUT2D eigenvalue weighted by Crippen LogP contribution is -2.15. The largest absolute Gasteiger partial charge is 0.396 e. The van der Waals surface area contributed by atoms with Gasteiger partial charge in [0.25, 0.3) is 0 Å². The fourth-order valence-corrected chi connectivity index (χ4v) is 3.34. The van der Waals surface area contributed by atoms with Crippen LogP contribution in [-0.2, 0) is 0 Å². The standard InChI is InChI=1S/C12H19NO2S/c1-8(15)12-13-6-11(16-12)10-4-2-9(7-14)3-5-10/h6,8-10,14-15H,2-5,7H2,1H3. The molecule has 1 atom stereocenters. The fourth-order valence-electron chi connectivity index (χ4n) is 2.31. The molecule has 1 heterocycles. The first-order valence-corrected chi connectivity index (χ1v) is 6.77. The Labute approximate surface area is 100 Å². The van der Waals surface area contributed by atoms with Gasteiger partial charge in [0.1, 0.15) is 11.1 Å². The summed E-state index contributed by atoms with van der Waals surface area (Å²) in [4.78, 5) is 5.55. The summed E-state index contributed by atoms with van der Waals surface area (Å²) in [6.07, 6.45) is 5.98. The van der Waals surface area contributed by atoms with E-state index in [1.54, 1.807) is 18.3 Å². The fraction of sp³-hybridized carbons (Fsp3) is 0.750. The van der Waals surface area contributed by atoms with Crippen molar-refractivity contribution in [1.29, 1.82) is 0 Å². The van der Waals surface area contributed by atoms with Crippen molar-refractivity contribution in [2.75, 3.05) is 6.61 Å². The van der Waals surface area contributed by atoms with Crippen molar-refractivity contribution >= 4 is 11.3 Å². The Morgan fingerprint density at radius 2 is 2.12 bits per heavy atom. The van der Waals surface area contributed by atoms with E-state index in [0.29, 0.717) is 18.4 Å². The second-order valence-electron chi connectivity index (χ2n) is 4.68. The van der Waals surface area contributed by atoms with Crippen molar-refractivity contribution in [2.45, 2.75) is 44.6 Å². The maximum Gasteiger partial charge on any atom is 0.121 e. The van der Waals surface area contributed by atoms with Crippen LogP contribution in [0.25, 0.3) is 0 Å². The molecule has 4 heteroatoms. The summed E-state index contributed by atoms with van der Waals surface area (Å²) in [6.45, 7) is 2.08. The summed E-state index contributed by atoms with van der Waals surface area (Å²) in [5.74, 6) is 1.09.